The lowest BCUT2D eigenvalue weighted by atomic mass is 10.1. The van der Waals surface area contributed by atoms with Crippen LogP contribution in [0.1, 0.15) is 31.3 Å². The number of nitrogens with zero attached hydrogens (tertiary/aromatic N) is 2. The van der Waals surface area contributed by atoms with Crippen molar-refractivity contribution in [2.45, 2.75) is 26.3 Å². The molecule has 0 fully saturated rings. The van der Waals surface area contributed by atoms with Gasteiger partial charge in [-0.2, -0.15) is 4.73 Å². The molecule has 0 bridgehead atoms. The quantitative estimate of drug-likeness (QED) is 0.735. The maximum absolute atomic E-state index is 12.2. The Bertz CT molecular complexity index is 715. The van der Waals surface area contributed by atoms with Gasteiger partial charge >= 0.3 is 0 Å². The average Bonchev–Trinajstić information content (AvgIpc) is 2.40. The van der Waals surface area contributed by atoms with Crippen molar-refractivity contribution >= 4 is 5.91 Å². The van der Waals surface area contributed by atoms with Crippen molar-refractivity contribution in [1.29, 1.82) is 5.41 Å². The summed E-state index contributed by atoms with van der Waals surface area (Å²) in [4.78, 5) is 16.4. The number of aromatic nitrogens is 2. The Kier molecular flexibility index (Phi) is 3.80. The Balaban J connectivity index is 2.50. The van der Waals surface area contributed by atoms with Gasteiger partial charge in [-0.05, 0) is 20.8 Å². The summed E-state index contributed by atoms with van der Waals surface area (Å²) in [6, 6.07) is 9.17. The van der Waals surface area contributed by atoms with Gasteiger partial charge in [-0.1, -0.05) is 30.3 Å². The van der Waals surface area contributed by atoms with Crippen molar-refractivity contribution in [2.24, 2.45) is 0 Å². The van der Waals surface area contributed by atoms with E-state index in [0.29, 0.717) is 10.4 Å². The van der Waals surface area contributed by atoms with E-state index in [0.717, 1.165) is 5.56 Å². The molecule has 0 saturated heterocycles. The highest BCUT2D eigenvalue weighted by atomic mass is 16.5. The summed E-state index contributed by atoms with van der Waals surface area (Å²) >= 11 is 0. The van der Waals surface area contributed by atoms with Crippen molar-refractivity contribution < 1.29 is 10.0 Å². The lowest BCUT2D eigenvalue weighted by Crippen LogP contribution is -2.44. The first-order valence-electron chi connectivity index (χ1n) is 6.53. The van der Waals surface area contributed by atoms with Crippen molar-refractivity contribution in [1.82, 2.24) is 15.0 Å². The third-order valence-electron chi connectivity index (χ3n) is 2.70. The van der Waals surface area contributed by atoms with Crippen molar-refractivity contribution in [3.63, 3.8) is 0 Å². The van der Waals surface area contributed by atoms with E-state index < -0.39 is 11.4 Å². The number of hydrogen-bond donors (Lipinski definition) is 3. The van der Waals surface area contributed by atoms with Gasteiger partial charge in [0.15, 0.2) is 11.2 Å². The monoisotopic (exact) mass is 286 g/mol. The SMILES string of the molecule is CC(C)(C)NC(=O)c1nc(-c2ccccc2)cn(O)c1=N. The van der Waals surface area contributed by atoms with Crippen LogP contribution in [0.5, 0.6) is 0 Å². The van der Waals surface area contributed by atoms with Gasteiger partial charge < -0.3 is 10.5 Å². The number of hydrogen-bond acceptors (Lipinski definition) is 4. The van der Waals surface area contributed by atoms with Crippen molar-refractivity contribution in [2.75, 3.05) is 0 Å². The molecule has 0 aliphatic heterocycles. The van der Waals surface area contributed by atoms with Crippen LogP contribution in [0.3, 0.4) is 0 Å². The van der Waals surface area contributed by atoms with E-state index in [1.54, 1.807) is 0 Å². The van der Waals surface area contributed by atoms with Crippen LogP contribution in [0, 0.1) is 5.41 Å². The predicted molar refractivity (Wildman–Crippen MR) is 77.9 cm³/mol. The summed E-state index contributed by atoms with van der Waals surface area (Å²) in [5, 5.41) is 20.3. The summed E-state index contributed by atoms with van der Waals surface area (Å²) in [5.74, 6) is -0.493. The predicted octanol–water partition coefficient (Wildman–Crippen LogP) is 1.80. The fourth-order valence-electron chi connectivity index (χ4n) is 1.80. The molecule has 0 radical (unpaired) electrons. The van der Waals surface area contributed by atoms with E-state index in [-0.39, 0.29) is 11.2 Å². The minimum Gasteiger partial charge on any atom is -0.427 e. The molecule has 0 atom stereocenters. The maximum atomic E-state index is 12.2. The van der Waals surface area contributed by atoms with E-state index in [4.69, 9.17) is 5.41 Å². The summed E-state index contributed by atoms with van der Waals surface area (Å²) < 4.78 is 0.604. The molecule has 21 heavy (non-hydrogen) atoms. The minimum atomic E-state index is -0.493. The molecular formula is C15H18N4O2. The van der Waals surface area contributed by atoms with E-state index in [2.05, 4.69) is 10.3 Å². The highest BCUT2D eigenvalue weighted by Gasteiger charge is 2.20. The Morgan fingerprint density at radius 1 is 1.29 bits per heavy atom. The topological polar surface area (TPSA) is 91.0 Å². The van der Waals surface area contributed by atoms with Crippen molar-refractivity contribution in [3.05, 3.63) is 47.7 Å². The number of rotatable bonds is 2. The standard InChI is InChI=1S/C15H18N4O2/c1-15(2,3)18-14(20)12-13(16)19(21)9-11(17-12)10-7-5-4-6-8-10/h4-9,16,21H,1-3H3,(H,18,20). The van der Waals surface area contributed by atoms with Crippen LogP contribution in [-0.4, -0.2) is 26.4 Å². The van der Waals surface area contributed by atoms with Gasteiger partial charge in [0.05, 0.1) is 11.9 Å². The van der Waals surface area contributed by atoms with Crippen LogP contribution in [-0.2, 0) is 0 Å². The number of carbonyl (C=O) groups excluding carboxylic acids is 1. The molecule has 1 amide bonds. The number of amides is 1. The molecular weight excluding hydrogens is 268 g/mol. The first-order chi connectivity index (χ1) is 9.78. The van der Waals surface area contributed by atoms with Crippen LogP contribution in [0.4, 0.5) is 0 Å². The molecule has 6 nitrogen and oxygen atoms in total. The average molecular weight is 286 g/mol. The summed E-state index contributed by atoms with van der Waals surface area (Å²) in [6.07, 6.45) is 1.31. The van der Waals surface area contributed by atoms with E-state index in [1.165, 1.54) is 6.20 Å². The smallest absolute Gasteiger partial charge is 0.274 e. The molecule has 0 aliphatic rings. The zero-order valence-corrected chi connectivity index (χ0v) is 12.2. The second-order valence-corrected chi connectivity index (χ2v) is 5.74. The Morgan fingerprint density at radius 2 is 1.90 bits per heavy atom. The molecule has 0 spiro atoms. The Morgan fingerprint density at radius 3 is 2.48 bits per heavy atom. The van der Waals surface area contributed by atoms with Gasteiger partial charge in [0.2, 0.25) is 0 Å². The van der Waals surface area contributed by atoms with Crippen LogP contribution >= 0.6 is 0 Å². The highest BCUT2D eigenvalue weighted by molar-refractivity contribution is 5.92. The molecule has 1 aromatic heterocycles. The molecule has 1 heterocycles. The lowest BCUT2D eigenvalue weighted by Gasteiger charge is -2.20. The van der Waals surface area contributed by atoms with Gasteiger partial charge in [-0.25, -0.2) is 4.98 Å². The van der Waals surface area contributed by atoms with Gasteiger partial charge in [0.25, 0.3) is 5.91 Å². The van der Waals surface area contributed by atoms with E-state index >= 15 is 0 Å². The molecule has 2 aromatic rings. The zero-order valence-electron chi connectivity index (χ0n) is 12.2. The van der Waals surface area contributed by atoms with Crippen LogP contribution < -0.4 is 10.8 Å². The van der Waals surface area contributed by atoms with Gasteiger partial charge in [0, 0.05) is 11.1 Å². The third-order valence-corrected chi connectivity index (χ3v) is 2.70. The summed E-state index contributed by atoms with van der Waals surface area (Å²) in [5.41, 5.74) is 0.261. The molecule has 110 valence electrons. The van der Waals surface area contributed by atoms with Gasteiger partial charge in [-0.15, -0.1) is 0 Å². The third kappa shape index (κ3) is 3.47. The molecule has 0 unspecified atom stereocenters. The van der Waals surface area contributed by atoms with Crippen LogP contribution in [0.2, 0.25) is 0 Å². The largest absolute Gasteiger partial charge is 0.427 e. The maximum Gasteiger partial charge on any atom is 0.274 e. The molecule has 3 N–H and O–H groups in total. The second-order valence-electron chi connectivity index (χ2n) is 5.74. The highest BCUT2D eigenvalue weighted by Crippen LogP contribution is 2.15. The molecule has 0 aliphatic carbocycles. The van der Waals surface area contributed by atoms with Crippen molar-refractivity contribution in [3.8, 4) is 11.3 Å². The van der Waals surface area contributed by atoms with E-state index in [9.17, 15) is 10.0 Å². The first kappa shape index (κ1) is 14.8. The Hall–Kier alpha value is -2.63. The first-order valence-corrected chi connectivity index (χ1v) is 6.53. The van der Waals surface area contributed by atoms with Gasteiger partial charge in [-0.3, -0.25) is 10.2 Å². The fourth-order valence-corrected chi connectivity index (χ4v) is 1.80. The second kappa shape index (κ2) is 5.40. The number of nitrogens with one attached hydrogen (secondary N) is 2. The number of carbonyl (C=O) groups is 1. The molecule has 2 rings (SSSR count). The van der Waals surface area contributed by atoms with Crippen LogP contribution in [0.15, 0.2) is 36.5 Å². The van der Waals surface area contributed by atoms with E-state index in [1.807, 2.05) is 51.1 Å². The van der Waals surface area contributed by atoms with Crippen LogP contribution in [0.25, 0.3) is 11.3 Å². The molecule has 1 aromatic carbocycles. The minimum absolute atomic E-state index is 0.117. The number of benzene rings is 1. The fraction of sp³-hybridized carbons (Fsp3) is 0.267. The summed E-state index contributed by atoms with van der Waals surface area (Å²) in [6.45, 7) is 5.51. The zero-order chi connectivity index (χ0) is 15.6. The lowest BCUT2D eigenvalue weighted by molar-refractivity contribution is 0.0902. The molecule has 0 saturated carbocycles. The molecule has 6 heteroatoms. The Labute approximate surface area is 122 Å². The van der Waals surface area contributed by atoms with Gasteiger partial charge in [0.1, 0.15) is 0 Å². The summed E-state index contributed by atoms with van der Waals surface area (Å²) in [7, 11) is 0. The normalized spacial score (nSPS) is 11.2.